The van der Waals surface area contributed by atoms with Crippen LogP contribution in [0.1, 0.15) is 143 Å². The number of rotatable bonds is 18. The van der Waals surface area contributed by atoms with Crippen LogP contribution < -0.4 is 11.1 Å². The number of imide groups is 1. The average Bonchev–Trinajstić information content (AvgIpc) is 2.73. The standard InChI is InChI=1S/C18H38.C7H13BrN2O2.2K.2H/c1-3-5-7-9-11-13-15-17-18-16-14-12-10-8-6-4-2;1-3-7(8,4-2)5(11)10-6(9)12;;;;/h3-18H2,1-2H3;3-4H2,1-2H3,(H3,9,10,11,12);;;;. The van der Waals surface area contributed by atoms with E-state index >= 15 is 0 Å². The van der Waals surface area contributed by atoms with Gasteiger partial charge < -0.3 is 5.73 Å². The van der Waals surface area contributed by atoms with Crippen molar-refractivity contribution in [2.75, 3.05) is 0 Å². The van der Waals surface area contributed by atoms with Crippen molar-refractivity contribution in [2.45, 2.75) is 148 Å². The Morgan fingerprint density at radius 2 is 0.875 bits per heavy atom. The zero-order valence-corrected chi connectivity index (χ0v) is 22.1. The number of halogens is 1. The van der Waals surface area contributed by atoms with Crippen LogP contribution in [0.15, 0.2) is 0 Å². The minimum atomic E-state index is -0.814. The van der Waals surface area contributed by atoms with E-state index in [-0.39, 0.29) is 109 Å². The predicted molar refractivity (Wildman–Crippen MR) is 149 cm³/mol. The Hall–Kier alpha value is 2.69. The fourth-order valence-electron chi connectivity index (χ4n) is 3.42. The second-order valence-corrected chi connectivity index (χ2v) is 9.96. The molecule has 3 amide bonds. The number of hydrogen-bond donors (Lipinski definition) is 2. The summed E-state index contributed by atoms with van der Waals surface area (Å²) < 4.78 is -0.665. The van der Waals surface area contributed by atoms with Crippen LogP contribution in [0.2, 0.25) is 0 Å². The molecule has 0 saturated carbocycles. The van der Waals surface area contributed by atoms with Crippen molar-refractivity contribution in [1.82, 2.24) is 5.32 Å². The third-order valence-electron chi connectivity index (χ3n) is 5.72. The maximum atomic E-state index is 11.3. The number of nitrogens with two attached hydrogens (primary N) is 1. The van der Waals surface area contributed by atoms with E-state index in [2.05, 4.69) is 29.8 Å². The monoisotopic (exact) mass is 570 g/mol. The molecule has 0 saturated heterocycles. The molecule has 32 heavy (non-hydrogen) atoms. The van der Waals surface area contributed by atoms with Crippen molar-refractivity contribution in [3.8, 4) is 0 Å². The summed E-state index contributed by atoms with van der Waals surface area (Å²) in [6, 6.07) is -0.814. The molecule has 0 aromatic heterocycles. The van der Waals surface area contributed by atoms with E-state index in [0.29, 0.717) is 12.8 Å². The van der Waals surface area contributed by atoms with Gasteiger partial charge in [0, 0.05) is 0 Å². The Labute approximate surface area is 293 Å². The van der Waals surface area contributed by atoms with Gasteiger partial charge in [-0.15, -0.1) is 0 Å². The molecule has 0 bridgehead atoms. The third-order valence-corrected chi connectivity index (χ3v) is 7.20. The molecule has 3 N–H and O–H groups in total. The van der Waals surface area contributed by atoms with E-state index in [4.69, 9.17) is 5.73 Å². The second kappa shape index (κ2) is 31.7. The molecule has 0 heterocycles. The van der Waals surface area contributed by atoms with Gasteiger partial charge in [-0.3, -0.25) is 10.1 Å². The molecule has 0 aliphatic rings. The second-order valence-electron chi connectivity index (χ2n) is 8.44. The summed E-state index contributed by atoms with van der Waals surface area (Å²) >= 11 is 3.26. The van der Waals surface area contributed by atoms with Gasteiger partial charge in [-0.05, 0) is 12.8 Å². The van der Waals surface area contributed by atoms with E-state index in [1.165, 1.54) is 103 Å². The van der Waals surface area contributed by atoms with Crippen LogP contribution in [0.5, 0.6) is 0 Å². The van der Waals surface area contributed by atoms with Crippen molar-refractivity contribution >= 4 is 131 Å². The molecule has 0 fully saturated rings. The summed E-state index contributed by atoms with van der Waals surface area (Å²) in [4.78, 5) is 21.6. The molecule has 0 spiro atoms. The van der Waals surface area contributed by atoms with Crippen molar-refractivity contribution in [3.05, 3.63) is 0 Å². The zero-order chi connectivity index (χ0) is 23.1. The number of primary amides is 1. The molecular weight excluding hydrogens is 518 g/mol. The molecule has 0 radical (unpaired) electrons. The summed E-state index contributed by atoms with van der Waals surface area (Å²) in [5.41, 5.74) is 4.81. The van der Waals surface area contributed by atoms with Crippen molar-refractivity contribution in [2.24, 2.45) is 5.73 Å². The molecular formula is C25H53BrK2N2O2. The van der Waals surface area contributed by atoms with Crippen LogP contribution in [0, 0.1) is 0 Å². The van der Waals surface area contributed by atoms with E-state index in [1.807, 2.05) is 19.2 Å². The number of nitrogens with one attached hydrogen (secondary N) is 1. The number of carbonyl (C=O) groups excluding carboxylic acids is 2. The molecule has 184 valence electrons. The van der Waals surface area contributed by atoms with Gasteiger partial charge in [0.2, 0.25) is 5.91 Å². The number of amides is 3. The Morgan fingerprint density at radius 3 is 1.06 bits per heavy atom. The van der Waals surface area contributed by atoms with Gasteiger partial charge in [-0.25, -0.2) is 4.79 Å². The van der Waals surface area contributed by atoms with Gasteiger partial charge in [0.05, 0.1) is 0 Å². The quantitative estimate of drug-likeness (QED) is 0.105. The molecule has 0 aliphatic carbocycles. The summed E-state index contributed by atoms with van der Waals surface area (Å²) in [7, 11) is 0. The SMILES string of the molecule is CCC(Br)(CC)C(=O)NC(N)=O.CCCCCCCCCCCCCCCCCC.[KH].[KH]. The Bertz CT molecular complexity index is 393. The molecule has 4 nitrogen and oxygen atoms in total. The number of unbranched alkanes of at least 4 members (excludes halogenated alkanes) is 15. The van der Waals surface area contributed by atoms with Crippen LogP contribution in [-0.4, -0.2) is 119 Å². The van der Waals surface area contributed by atoms with E-state index in [0.717, 1.165) is 0 Å². The van der Waals surface area contributed by atoms with Gasteiger partial charge in [0.1, 0.15) is 4.32 Å². The summed E-state index contributed by atoms with van der Waals surface area (Å²) in [6.07, 6.45) is 24.6. The van der Waals surface area contributed by atoms with Crippen LogP contribution >= 0.6 is 15.9 Å². The van der Waals surface area contributed by atoms with E-state index in [1.54, 1.807) is 0 Å². The van der Waals surface area contributed by atoms with E-state index < -0.39 is 10.4 Å². The molecule has 0 aromatic carbocycles. The minimum absolute atomic E-state index is 0. The molecule has 7 heteroatoms. The number of carbonyl (C=O) groups is 2. The first kappa shape index (κ1) is 41.8. The third kappa shape index (κ3) is 28.9. The fourth-order valence-corrected chi connectivity index (χ4v) is 3.52. The van der Waals surface area contributed by atoms with E-state index in [9.17, 15) is 9.59 Å². The van der Waals surface area contributed by atoms with Gasteiger partial charge in [-0.2, -0.15) is 0 Å². The Kier molecular flexibility index (Phi) is 41.4. The Morgan fingerprint density at radius 1 is 0.625 bits per heavy atom. The first-order chi connectivity index (χ1) is 14.4. The van der Waals surface area contributed by atoms with Crippen molar-refractivity contribution in [3.63, 3.8) is 0 Å². The summed E-state index contributed by atoms with van der Waals surface area (Å²) in [6.45, 7) is 8.31. The molecule has 0 unspecified atom stereocenters. The van der Waals surface area contributed by atoms with Crippen molar-refractivity contribution in [1.29, 1.82) is 0 Å². The molecule has 0 aliphatic heterocycles. The topological polar surface area (TPSA) is 72.2 Å². The summed E-state index contributed by atoms with van der Waals surface area (Å²) in [5.74, 6) is -0.375. The van der Waals surface area contributed by atoms with Crippen LogP contribution in [0.4, 0.5) is 4.79 Å². The Balaban J connectivity index is -0.000000247. The van der Waals surface area contributed by atoms with Crippen LogP contribution in [-0.2, 0) is 4.79 Å². The number of hydrogen-bond acceptors (Lipinski definition) is 2. The van der Waals surface area contributed by atoms with Crippen LogP contribution in [0.3, 0.4) is 0 Å². The maximum absolute atomic E-state index is 11.3. The van der Waals surface area contributed by atoms with Crippen molar-refractivity contribution < 1.29 is 9.59 Å². The van der Waals surface area contributed by atoms with Gasteiger partial charge in [0.25, 0.3) is 0 Å². The number of urea groups is 1. The fraction of sp³-hybridized carbons (Fsp3) is 0.920. The molecule has 0 atom stereocenters. The first-order valence-electron chi connectivity index (χ1n) is 12.7. The average molecular weight is 572 g/mol. The van der Waals surface area contributed by atoms with Gasteiger partial charge in [-0.1, -0.05) is 146 Å². The van der Waals surface area contributed by atoms with Crippen LogP contribution in [0.25, 0.3) is 0 Å². The summed E-state index contributed by atoms with van der Waals surface area (Å²) in [5, 5.41) is 2.04. The van der Waals surface area contributed by atoms with Gasteiger partial charge in [0.15, 0.2) is 0 Å². The molecule has 0 rings (SSSR count). The first-order valence-corrected chi connectivity index (χ1v) is 13.5. The predicted octanol–water partition coefficient (Wildman–Crippen LogP) is 7.11. The zero-order valence-electron chi connectivity index (χ0n) is 20.5. The number of alkyl halides is 1. The normalized spacial score (nSPS) is 10.3. The van der Waals surface area contributed by atoms with Gasteiger partial charge >= 0.3 is 109 Å². The molecule has 0 aromatic rings.